The van der Waals surface area contributed by atoms with Crippen LogP contribution in [-0.2, 0) is 9.53 Å². The van der Waals surface area contributed by atoms with Gasteiger partial charge in [-0.3, -0.25) is 20.2 Å². The third-order valence-electron chi connectivity index (χ3n) is 9.92. The number of pyridine rings is 1. The Labute approximate surface area is 292 Å². The number of likely N-dealkylation sites (tertiary alicyclic amines) is 1. The number of para-hydroxylation sites is 1. The van der Waals surface area contributed by atoms with E-state index in [1.54, 1.807) is 12.1 Å². The highest BCUT2D eigenvalue weighted by Gasteiger charge is 2.28. The third-order valence-corrected chi connectivity index (χ3v) is 9.92. The van der Waals surface area contributed by atoms with E-state index in [0.717, 1.165) is 49.9 Å². The molecule has 1 aliphatic carbocycles. The zero-order valence-electron chi connectivity index (χ0n) is 28.4. The highest BCUT2D eigenvalue weighted by Crippen LogP contribution is 2.30. The molecule has 11 heteroatoms. The number of ether oxygens (including phenoxy) is 1. The van der Waals surface area contributed by atoms with Gasteiger partial charge in [0.2, 0.25) is 11.5 Å². The maximum absolute atomic E-state index is 13.6. The van der Waals surface area contributed by atoms with E-state index in [1.807, 2.05) is 59.5 Å². The average Bonchev–Trinajstić information content (AvgIpc) is 3.14. The van der Waals surface area contributed by atoms with Crippen molar-refractivity contribution in [3.63, 3.8) is 0 Å². The number of aromatic amines is 1. The molecule has 0 radical (unpaired) electrons. The Bertz CT molecular complexity index is 1800. The number of hydrogen-bond acceptors (Lipinski definition) is 8. The zero-order chi connectivity index (χ0) is 34.9. The number of hydrogen-bond donors (Lipinski definition) is 5. The lowest BCUT2D eigenvalue weighted by Gasteiger charge is -2.36. The number of benzene rings is 3. The van der Waals surface area contributed by atoms with Gasteiger partial charge in [-0.1, -0.05) is 73.9 Å². The fourth-order valence-corrected chi connectivity index (χ4v) is 7.20. The summed E-state index contributed by atoms with van der Waals surface area (Å²) in [5.41, 5.74) is 3.20. The van der Waals surface area contributed by atoms with Crippen LogP contribution in [0.25, 0.3) is 22.0 Å². The number of piperidine rings is 1. The van der Waals surface area contributed by atoms with Crippen LogP contribution in [-0.4, -0.2) is 82.0 Å². The van der Waals surface area contributed by atoms with Crippen molar-refractivity contribution in [3.05, 3.63) is 94.8 Å². The molecule has 2 amide bonds. The van der Waals surface area contributed by atoms with Crippen LogP contribution in [0.1, 0.15) is 63.0 Å². The van der Waals surface area contributed by atoms with E-state index < -0.39 is 12.2 Å². The van der Waals surface area contributed by atoms with Gasteiger partial charge >= 0.3 is 6.09 Å². The molecule has 2 heterocycles. The highest BCUT2D eigenvalue weighted by atomic mass is 16.6. The van der Waals surface area contributed by atoms with E-state index in [-0.39, 0.29) is 41.4 Å². The summed E-state index contributed by atoms with van der Waals surface area (Å²) in [5.74, 6) is 0.0278. The number of phenolic OH excluding ortho intramolecular Hbond substituents is 1. The van der Waals surface area contributed by atoms with Gasteiger partial charge < -0.3 is 29.7 Å². The van der Waals surface area contributed by atoms with E-state index in [2.05, 4.69) is 20.5 Å². The number of rotatable bonds is 12. The number of nitrogens with one attached hydrogen (secondary N) is 3. The van der Waals surface area contributed by atoms with Crippen LogP contribution in [0.5, 0.6) is 5.75 Å². The molecular formula is C39H47N5O6. The van der Waals surface area contributed by atoms with Gasteiger partial charge in [0.05, 0.1) is 24.0 Å². The second-order valence-corrected chi connectivity index (χ2v) is 13.3. The molecule has 6 rings (SSSR count). The van der Waals surface area contributed by atoms with Crippen LogP contribution in [0, 0.1) is 0 Å². The summed E-state index contributed by atoms with van der Waals surface area (Å²) in [5, 5.41) is 28.0. The minimum atomic E-state index is -0.906. The van der Waals surface area contributed by atoms with E-state index in [9.17, 15) is 24.6 Å². The number of H-pyrrole nitrogens is 1. The molecule has 1 unspecified atom stereocenters. The van der Waals surface area contributed by atoms with Gasteiger partial charge in [0.1, 0.15) is 11.9 Å². The molecular weight excluding hydrogens is 634 g/mol. The third kappa shape index (κ3) is 8.90. The number of aromatic hydroxyl groups is 1. The van der Waals surface area contributed by atoms with Crippen LogP contribution in [0.3, 0.4) is 0 Å². The summed E-state index contributed by atoms with van der Waals surface area (Å²) in [6, 6.07) is 23.8. The molecule has 4 aromatic rings. The van der Waals surface area contributed by atoms with Crippen molar-refractivity contribution in [1.82, 2.24) is 20.1 Å². The molecule has 1 saturated carbocycles. The predicted octanol–water partition coefficient (Wildman–Crippen LogP) is 5.75. The highest BCUT2D eigenvalue weighted by molar-refractivity contribution is 5.91. The SMILES string of the molecule is O=C(Nc1ccccc1-c1ccccc1)OC1CCN(CCC(=O)N(CNCC(O)c2ccc(O)c3[nH]c(=O)ccc23)C2CCCCC2)CC1. The van der Waals surface area contributed by atoms with Crippen molar-refractivity contribution in [2.75, 3.05) is 38.2 Å². The number of fused-ring (bicyclic) bond motifs is 1. The molecule has 0 spiro atoms. The van der Waals surface area contributed by atoms with Gasteiger partial charge in [-0.25, -0.2) is 4.79 Å². The number of nitrogens with zero attached hydrogens (tertiary/aromatic N) is 2. The molecule has 0 bridgehead atoms. The van der Waals surface area contributed by atoms with E-state index in [4.69, 9.17) is 4.74 Å². The number of aliphatic hydroxyl groups is 1. The van der Waals surface area contributed by atoms with Crippen LogP contribution in [0.2, 0.25) is 0 Å². The molecule has 3 aromatic carbocycles. The Balaban J connectivity index is 0.975. The van der Waals surface area contributed by atoms with Crippen molar-refractivity contribution >= 4 is 28.6 Å². The zero-order valence-corrected chi connectivity index (χ0v) is 28.4. The van der Waals surface area contributed by atoms with Gasteiger partial charge in [0, 0.05) is 55.7 Å². The molecule has 11 nitrogen and oxygen atoms in total. The second kappa shape index (κ2) is 16.8. The van der Waals surface area contributed by atoms with Crippen LogP contribution < -0.4 is 16.2 Å². The normalized spacial score (nSPS) is 16.6. The predicted molar refractivity (Wildman–Crippen MR) is 194 cm³/mol. The maximum Gasteiger partial charge on any atom is 0.411 e. The quantitative estimate of drug-likeness (QED) is 0.119. The average molecular weight is 682 g/mol. The minimum Gasteiger partial charge on any atom is -0.506 e. The molecule has 1 aromatic heterocycles. The first kappa shape index (κ1) is 35.1. The lowest BCUT2D eigenvalue weighted by molar-refractivity contribution is -0.135. The summed E-state index contributed by atoms with van der Waals surface area (Å²) in [6.07, 6.45) is 5.52. The molecule has 2 aliphatic rings. The van der Waals surface area contributed by atoms with Crippen LogP contribution in [0.4, 0.5) is 10.5 Å². The number of phenols is 1. The smallest absolute Gasteiger partial charge is 0.411 e. The molecule has 2 fully saturated rings. The number of amides is 2. The first-order chi connectivity index (χ1) is 24.4. The first-order valence-electron chi connectivity index (χ1n) is 17.7. The van der Waals surface area contributed by atoms with E-state index >= 15 is 0 Å². The van der Waals surface area contributed by atoms with Gasteiger partial charge in [0.25, 0.3) is 0 Å². The molecule has 264 valence electrons. The lowest BCUT2D eigenvalue weighted by atomic mass is 9.94. The number of carbonyl (C=O) groups is 2. The fourth-order valence-electron chi connectivity index (χ4n) is 7.20. The van der Waals surface area contributed by atoms with Crippen molar-refractivity contribution in [1.29, 1.82) is 0 Å². The number of carbonyl (C=O) groups excluding carboxylic acids is 2. The number of aromatic nitrogens is 1. The standard InChI is InChI=1S/C39H47N5O6/c45-34-17-15-31(32-16-18-36(47)42-38(32)34)35(46)25-40-26-44(28-11-5-2-6-12-28)37(48)21-24-43-22-19-29(20-23-43)50-39(49)41-33-14-8-7-13-30(33)27-9-3-1-4-10-27/h1,3-4,7-10,13-18,28-29,35,40,45-46H,2,5-6,11-12,19-26H2,(H,41,49)(H,42,47). The molecule has 1 saturated heterocycles. The number of anilines is 1. The van der Waals surface area contributed by atoms with Gasteiger partial charge in [0.15, 0.2) is 0 Å². The molecule has 5 N–H and O–H groups in total. The van der Waals surface area contributed by atoms with E-state index in [1.165, 1.54) is 18.6 Å². The van der Waals surface area contributed by atoms with Crippen molar-refractivity contribution in [3.8, 4) is 16.9 Å². The Morgan fingerprint density at radius 2 is 1.66 bits per heavy atom. The van der Waals surface area contributed by atoms with Crippen molar-refractivity contribution in [2.45, 2.75) is 69.6 Å². The molecule has 1 aliphatic heterocycles. The largest absolute Gasteiger partial charge is 0.506 e. The topological polar surface area (TPSA) is 147 Å². The molecule has 1 atom stereocenters. The fraction of sp³-hybridized carbons (Fsp3) is 0.410. The summed E-state index contributed by atoms with van der Waals surface area (Å²) < 4.78 is 5.80. The van der Waals surface area contributed by atoms with Crippen molar-refractivity contribution < 1.29 is 24.5 Å². The van der Waals surface area contributed by atoms with Crippen LogP contribution >= 0.6 is 0 Å². The summed E-state index contributed by atoms with van der Waals surface area (Å²) in [4.78, 5) is 45.1. The second-order valence-electron chi connectivity index (χ2n) is 13.3. The van der Waals surface area contributed by atoms with E-state index in [0.29, 0.717) is 49.1 Å². The van der Waals surface area contributed by atoms with Gasteiger partial charge in [-0.2, -0.15) is 0 Å². The van der Waals surface area contributed by atoms with Gasteiger partial charge in [-0.15, -0.1) is 0 Å². The summed E-state index contributed by atoms with van der Waals surface area (Å²) in [7, 11) is 0. The Kier molecular flexibility index (Phi) is 11.8. The van der Waals surface area contributed by atoms with Gasteiger partial charge in [-0.05, 0) is 55.0 Å². The Morgan fingerprint density at radius 1 is 0.920 bits per heavy atom. The lowest BCUT2D eigenvalue weighted by Crippen LogP contribution is -2.48. The summed E-state index contributed by atoms with van der Waals surface area (Å²) >= 11 is 0. The number of aliphatic hydroxyl groups excluding tert-OH is 1. The van der Waals surface area contributed by atoms with Crippen molar-refractivity contribution in [2.24, 2.45) is 0 Å². The monoisotopic (exact) mass is 681 g/mol. The minimum absolute atomic E-state index is 0.0568. The van der Waals surface area contributed by atoms with Crippen LogP contribution in [0.15, 0.2) is 83.7 Å². The first-order valence-corrected chi connectivity index (χ1v) is 17.7. The molecule has 50 heavy (non-hydrogen) atoms. The Morgan fingerprint density at radius 3 is 2.44 bits per heavy atom. The summed E-state index contributed by atoms with van der Waals surface area (Å²) in [6.45, 7) is 2.64. The Hall–Kier alpha value is -4.71. The maximum atomic E-state index is 13.6.